The molecule has 0 amide bonds. The number of ether oxygens (including phenoxy) is 1. The molecule has 0 unspecified atom stereocenters. The zero-order chi connectivity index (χ0) is 15.0. The standard InChI is InChI=1S/C15H15N3O3/c1-3-17-10-7-5-6-8-11(10)18-9-16-12(13(18)14(17)19)15(20)21-4-2/h5-9H,3-4H2,1-2H3. The average Bonchev–Trinajstić information content (AvgIpc) is 2.93. The maximum absolute atomic E-state index is 12.7. The monoisotopic (exact) mass is 285 g/mol. The Bertz CT molecular complexity index is 892. The predicted octanol–water partition coefficient (Wildman–Crippen LogP) is 1.85. The van der Waals surface area contributed by atoms with Crippen molar-refractivity contribution in [3.05, 3.63) is 46.6 Å². The van der Waals surface area contributed by atoms with Crippen LogP contribution in [0.3, 0.4) is 0 Å². The molecule has 3 aromatic rings. The number of carbonyl (C=O) groups excluding carboxylic acids is 1. The number of carbonyl (C=O) groups is 1. The molecule has 0 aliphatic carbocycles. The van der Waals surface area contributed by atoms with Gasteiger partial charge in [-0.15, -0.1) is 0 Å². The highest BCUT2D eigenvalue weighted by atomic mass is 16.5. The zero-order valence-electron chi connectivity index (χ0n) is 11.9. The number of aryl methyl sites for hydroxylation is 1. The van der Waals surface area contributed by atoms with Gasteiger partial charge in [-0.25, -0.2) is 9.78 Å². The van der Waals surface area contributed by atoms with E-state index in [0.29, 0.717) is 6.54 Å². The fourth-order valence-electron chi connectivity index (χ4n) is 2.53. The topological polar surface area (TPSA) is 65.6 Å². The Balaban J connectivity index is 2.45. The summed E-state index contributed by atoms with van der Waals surface area (Å²) in [6.45, 7) is 4.37. The van der Waals surface area contributed by atoms with Crippen LogP contribution in [-0.2, 0) is 11.3 Å². The van der Waals surface area contributed by atoms with Gasteiger partial charge in [0.2, 0.25) is 0 Å². The average molecular weight is 285 g/mol. The number of benzene rings is 1. The first-order chi connectivity index (χ1) is 10.2. The first-order valence-electron chi connectivity index (χ1n) is 6.84. The number of esters is 1. The molecular weight excluding hydrogens is 270 g/mol. The predicted molar refractivity (Wildman–Crippen MR) is 78.6 cm³/mol. The molecule has 1 aromatic carbocycles. The molecule has 0 spiro atoms. The molecule has 3 rings (SSSR count). The molecule has 0 atom stereocenters. The van der Waals surface area contributed by atoms with Gasteiger partial charge in [0, 0.05) is 6.54 Å². The summed E-state index contributed by atoms with van der Waals surface area (Å²) in [6.07, 6.45) is 1.49. The first kappa shape index (κ1) is 13.4. The van der Waals surface area contributed by atoms with Crippen molar-refractivity contribution in [3.8, 4) is 0 Å². The number of fused-ring (bicyclic) bond motifs is 3. The fraction of sp³-hybridized carbons (Fsp3) is 0.267. The van der Waals surface area contributed by atoms with Gasteiger partial charge in [-0.05, 0) is 26.0 Å². The molecule has 0 saturated heterocycles. The third kappa shape index (κ3) is 1.91. The molecule has 0 radical (unpaired) electrons. The van der Waals surface area contributed by atoms with E-state index in [1.165, 1.54) is 6.33 Å². The van der Waals surface area contributed by atoms with Crippen molar-refractivity contribution in [2.24, 2.45) is 0 Å². The molecule has 2 heterocycles. The molecule has 6 nitrogen and oxygen atoms in total. The van der Waals surface area contributed by atoms with Gasteiger partial charge in [0.25, 0.3) is 5.56 Å². The SMILES string of the molecule is CCOC(=O)c1ncn2c1c(=O)n(CC)c1ccccc12. The summed E-state index contributed by atoms with van der Waals surface area (Å²) >= 11 is 0. The van der Waals surface area contributed by atoms with Gasteiger partial charge < -0.3 is 9.30 Å². The van der Waals surface area contributed by atoms with E-state index in [4.69, 9.17) is 4.74 Å². The van der Waals surface area contributed by atoms with Crippen LogP contribution in [0.5, 0.6) is 0 Å². The minimum atomic E-state index is -0.574. The molecule has 0 fully saturated rings. The van der Waals surface area contributed by atoms with Crippen LogP contribution in [0.25, 0.3) is 16.6 Å². The van der Waals surface area contributed by atoms with E-state index in [1.54, 1.807) is 15.9 Å². The van der Waals surface area contributed by atoms with E-state index in [2.05, 4.69) is 4.98 Å². The Labute approximate surface area is 120 Å². The van der Waals surface area contributed by atoms with Gasteiger partial charge in [-0.3, -0.25) is 9.20 Å². The van der Waals surface area contributed by atoms with Gasteiger partial charge in [-0.1, -0.05) is 12.1 Å². The van der Waals surface area contributed by atoms with Gasteiger partial charge in [0.1, 0.15) is 11.8 Å². The molecule has 0 N–H and O–H groups in total. The molecule has 6 heteroatoms. The van der Waals surface area contributed by atoms with Gasteiger partial charge in [0.15, 0.2) is 5.69 Å². The second-order valence-corrected chi connectivity index (χ2v) is 4.57. The highest BCUT2D eigenvalue weighted by Gasteiger charge is 2.20. The molecule has 108 valence electrons. The van der Waals surface area contributed by atoms with Crippen LogP contribution in [0.2, 0.25) is 0 Å². The van der Waals surface area contributed by atoms with E-state index in [0.717, 1.165) is 11.0 Å². The lowest BCUT2D eigenvalue weighted by molar-refractivity contribution is 0.0522. The number of aromatic nitrogens is 3. The smallest absolute Gasteiger partial charge is 0.359 e. The molecule has 2 aromatic heterocycles. The van der Waals surface area contributed by atoms with Crippen LogP contribution in [0.1, 0.15) is 24.3 Å². The molecule has 0 aliphatic heterocycles. The van der Waals surface area contributed by atoms with Crippen LogP contribution in [0.15, 0.2) is 35.4 Å². The molecule has 0 bridgehead atoms. The van der Waals surface area contributed by atoms with E-state index < -0.39 is 5.97 Å². The number of nitrogens with zero attached hydrogens (tertiary/aromatic N) is 3. The number of rotatable bonds is 3. The Morgan fingerprint density at radius 3 is 2.62 bits per heavy atom. The highest BCUT2D eigenvalue weighted by molar-refractivity contribution is 5.96. The largest absolute Gasteiger partial charge is 0.461 e. The number of hydrogen-bond donors (Lipinski definition) is 0. The van der Waals surface area contributed by atoms with Crippen LogP contribution in [0.4, 0.5) is 0 Å². The molecule has 0 saturated carbocycles. The van der Waals surface area contributed by atoms with Gasteiger partial charge in [-0.2, -0.15) is 0 Å². The summed E-state index contributed by atoms with van der Waals surface area (Å²) in [5, 5.41) is 0. The fourth-order valence-corrected chi connectivity index (χ4v) is 2.53. The minimum Gasteiger partial charge on any atom is -0.461 e. The normalized spacial score (nSPS) is 11.1. The first-order valence-corrected chi connectivity index (χ1v) is 6.84. The summed E-state index contributed by atoms with van der Waals surface area (Å²) in [5.41, 5.74) is 1.72. The number of para-hydroxylation sites is 2. The van der Waals surface area contributed by atoms with Crippen LogP contribution < -0.4 is 5.56 Å². The van der Waals surface area contributed by atoms with Crippen LogP contribution in [0, 0.1) is 0 Å². The summed E-state index contributed by atoms with van der Waals surface area (Å²) in [7, 11) is 0. The third-order valence-corrected chi connectivity index (χ3v) is 3.43. The lowest BCUT2D eigenvalue weighted by atomic mass is 10.2. The maximum atomic E-state index is 12.7. The van der Waals surface area contributed by atoms with Crippen molar-refractivity contribution in [1.82, 2.24) is 14.0 Å². The summed E-state index contributed by atoms with van der Waals surface area (Å²) < 4.78 is 8.25. The Hall–Kier alpha value is -2.63. The Kier molecular flexibility index (Phi) is 3.21. The van der Waals surface area contributed by atoms with Gasteiger partial charge >= 0.3 is 5.97 Å². The molecule has 21 heavy (non-hydrogen) atoms. The van der Waals surface area contributed by atoms with Gasteiger partial charge in [0.05, 0.1) is 17.6 Å². The Morgan fingerprint density at radius 2 is 1.95 bits per heavy atom. The van der Waals surface area contributed by atoms with E-state index >= 15 is 0 Å². The van der Waals surface area contributed by atoms with E-state index in [9.17, 15) is 9.59 Å². The van der Waals surface area contributed by atoms with Crippen molar-refractivity contribution in [3.63, 3.8) is 0 Å². The molecule has 0 aliphatic rings. The zero-order valence-corrected chi connectivity index (χ0v) is 11.9. The van der Waals surface area contributed by atoms with E-state index in [-0.39, 0.29) is 23.4 Å². The van der Waals surface area contributed by atoms with Crippen molar-refractivity contribution in [2.75, 3.05) is 6.61 Å². The second kappa shape index (κ2) is 5.05. The number of imidazole rings is 1. The number of hydrogen-bond acceptors (Lipinski definition) is 4. The summed E-state index contributed by atoms with van der Waals surface area (Å²) in [4.78, 5) is 28.7. The van der Waals surface area contributed by atoms with Crippen molar-refractivity contribution in [2.45, 2.75) is 20.4 Å². The van der Waals surface area contributed by atoms with E-state index in [1.807, 2.05) is 31.2 Å². The van der Waals surface area contributed by atoms with Crippen molar-refractivity contribution in [1.29, 1.82) is 0 Å². The second-order valence-electron chi connectivity index (χ2n) is 4.57. The highest BCUT2D eigenvalue weighted by Crippen LogP contribution is 2.17. The minimum absolute atomic E-state index is 0.0646. The van der Waals surface area contributed by atoms with Crippen molar-refractivity contribution < 1.29 is 9.53 Å². The lowest BCUT2D eigenvalue weighted by Crippen LogP contribution is -2.23. The molecular formula is C15H15N3O3. The summed E-state index contributed by atoms with van der Waals surface area (Å²) in [6, 6.07) is 7.54. The maximum Gasteiger partial charge on any atom is 0.359 e. The van der Waals surface area contributed by atoms with Crippen molar-refractivity contribution >= 4 is 22.5 Å². The quantitative estimate of drug-likeness (QED) is 0.689. The Morgan fingerprint density at radius 1 is 1.24 bits per heavy atom. The van der Waals surface area contributed by atoms with Crippen LogP contribution >= 0.6 is 0 Å². The lowest BCUT2D eigenvalue weighted by Gasteiger charge is -2.10. The third-order valence-electron chi connectivity index (χ3n) is 3.43. The summed E-state index contributed by atoms with van der Waals surface area (Å²) in [5.74, 6) is -0.574. The van der Waals surface area contributed by atoms with Crippen LogP contribution in [-0.4, -0.2) is 26.5 Å².